The fraction of sp³-hybridized carbons (Fsp3) is 0.0435. The number of hydrogen-bond acceptors (Lipinski definition) is 2. The molecule has 0 atom stereocenters. The molecule has 3 nitrogen and oxygen atoms in total. The number of hydrogen-bond donors (Lipinski definition) is 0. The van der Waals surface area contributed by atoms with Crippen molar-refractivity contribution in [1.29, 1.82) is 0 Å². The molecule has 0 fully saturated rings. The quantitative estimate of drug-likeness (QED) is 0.377. The molecule has 1 aromatic heterocycles. The van der Waals surface area contributed by atoms with Gasteiger partial charge in [-0.25, -0.2) is 0 Å². The van der Waals surface area contributed by atoms with Crippen molar-refractivity contribution in [1.82, 2.24) is 4.57 Å². The number of halogens is 1. The second-order valence-corrected chi connectivity index (χ2v) is 8.12. The Kier molecular flexibility index (Phi) is 5.37. The largest absolute Gasteiger partial charge is 0.285 e. The maximum absolute atomic E-state index is 12.8. The number of aryl methyl sites for hydroxylation is 1. The molecule has 1 amide bonds. The number of amides is 1. The Morgan fingerprint density at radius 2 is 1.71 bits per heavy atom. The van der Waals surface area contributed by atoms with Crippen molar-refractivity contribution >= 4 is 33.2 Å². The molecule has 0 bridgehead atoms. The van der Waals surface area contributed by atoms with Gasteiger partial charge < -0.3 is 0 Å². The van der Waals surface area contributed by atoms with Gasteiger partial charge in [0.05, 0.1) is 5.69 Å². The standard InChI is InChI=1S/C23H17BrN2OS/c1-16-6-5-9-18(14-16)22(27)25-23-26(20-12-10-19(24)11-13-20)21(15-28-23)17-7-3-2-4-8-17/h2-15H,1H3. The van der Waals surface area contributed by atoms with E-state index in [0.717, 1.165) is 27.0 Å². The van der Waals surface area contributed by atoms with Gasteiger partial charge in [0.15, 0.2) is 4.80 Å². The van der Waals surface area contributed by atoms with Crippen molar-refractivity contribution in [2.45, 2.75) is 6.92 Å². The number of carbonyl (C=O) groups is 1. The molecule has 0 saturated carbocycles. The van der Waals surface area contributed by atoms with Crippen LogP contribution in [0.15, 0.2) is 93.7 Å². The highest BCUT2D eigenvalue weighted by Gasteiger charge is 2.12. The van der Waals surface area contributed by atoms with Crippen molar-refractivity contribution in [2.75, 3.05) is 0 Å². The minimum atomic E-state index is -0.240. The number of thiazole rings is 1. The average molecular weight is 449 g/mol. The zero-order valence-electron chi connectivity index (χ0n) is 15.2. The number of benzene rings is 3. The van der Waals surface area contributed by atoms with Gasteiger partial charge in [-0.15, -0.1) is 11.3 Å². The number of carbonyl (C=O) groups excluding carboxylic acids is 1. The van der Waals surface area contributed by atoms with Gasteiger partial charge in [-0.3, -0.25) is 9.36 Å². The summed E-state index contributed by atoms with van der Waals surface area (Å²) >= 11 is 4.95. The zero-order valence-corrected chi connectivity index (χ0v) is 17.6. The summed E-state index contributed by atoms with van der Waals surface area (Å²) in [6.45, 7) is 1.97. The molecule has 0 aliphatic rings. The van der Waals surface area contributed by atoms with Crippen LogP contribution < -0.4 is 4.80 Å². The van der Waals surface area contributed by atoms with Gasteiger partial charge in [-0.1, -0.05) is 64.0 Å². The van der Waals surface area contributed by atoms with Crippen LogP contribution in [-0.2, 0) is 0 Å². The number of rotatable bonds is 3. The second-order valence-electron chi connectivity index (χ2n) is 6.37. The summed E-state index contributed by atoms with van der Waals surface area (Å²) in [4.78, 5) is 17.9. The van der Waals surface area contributed by atoms with Gasteiger partial charge in [0, 0.05) is 21.1 Å². The van der Waals surface area contributed by atoms with E-state index in [1.54, 1.807) is 6.07 Å². The molecular formula is C23H17BrN2OS. The first-order chi connectivity index (χ1) is 13.6. The molecule has 0 radical (unpaired) electrons. The van der Waals surface area contributed by atoms with Crippen LogP contribution in [0.2, 0.25) is 0 Å². The van der Waals surface area contributed by atoms with E-state index in [-0.39, 0.29) is 5.91 Å². The Bertz CT molecular complexity index is 1190. The Balaban J connectivity index is 1.89. The van der Waals surface area contributed by atoms with E-state index in [2.05, 4.69) is 33.1 Å². The lowest BCUT2D eigenvalue weighted by Crippen LogP contribution is -2.16. The fourth-order valence-corrected chi connectivity index (χ4v) is 4.14. The van der Waals surface area contributed by atoms with Crippen LogP contribution in [0.4, 0.5) is 0 Å². The van der Waals surface area contributed by atoms with Crippen molar-refractivity contribution in [2.24, 2.45) is 4.99 Å². The first kappa shape index (κ1) is 18.6. The molecule has 0 aliphatic carbocycles. The van der Waals surface area contributed by atoms with Crippen molar-refractivity contribution in [3.05, 3.63) is 105 Å². The van der Waals surface area contributed by atoms with Gasteiger partial charge >= 0.3 is 0 Å². The highest BCUT2D eigenvalue weighted by atomic mass is 79.9. The third-order valence-corrected chi connectivity index (χ3v) is 5.68. The summed E-state index contributed by atoms with van der Waals surface area (Å²) in [5, 5.41) is 2.04. The third-order valence-electron chi connectivity index (χ3n) is 4.32. The van der Waals surface area contributed by atoms with Crippen molar-refractivity contribution in [3.8, 4) is 16.9 Å². The van der Waals surface area contributed by atoms with Gasteiger partial charge in [-0.05, 0) is 48.9 Å². The Morgan fingerprint density at radius 1 is 0.964 bits per heavy atom. The van der Waals surface area contributed by atoms with Crippen LogP contribution in [0.1, 0.15) is 15.9 Å². The zero-order chi connectivity index (χ0) is 19.5. The smallest absolute Gasteiger partial charge is 0.279 e. The first-order valence-corrected chi connectivity index (χ1v) is 10.5. The Morgan fingerprint density at radius 3 is 2.43 bits per heavy atom. The maximum atomic E-state index is 12.8. The van der Waals surface area contributed by atoms with E-state index in [4.69, 9.17) is 0 Å². The van der Waals surface area contributed by atoms with E-state index in [1.807, 2.05) is 77.5 Å². The summed E-state index contributed by atoms with van der Waals surface area (Å²) in [6, 6.07) is 25.6. The van der Waals surface area contributed by atoms with Crippen molar-refractivity contribution < 1.29 is 4.79 Å². The van der Waals surface area contributed by atoms with Crippen LogP contribution in [0, 0.1) is 6.92 Å². The molecule has 0 saturated heterocycles. The monoisotopic (exact) mass is 448 g/mol. The maximum Gasteiger partial charge on any atom is 0.279 e. The summed E-state index contributed by atoms with van der Waals surface area (Å²) in [5.74, 6) is -0.240. The molecule has 0 N–H and O–H groups in total. The van der Waals surface area contributed by atoms with E-state index in [9.17, 15) is 4.79 Å². The summed E-state index contributed by atoms with van der Waals surface area (Å²) in [7, 11) is 0. The lowest BCUT2D eigenvalue weighted by Gasteiger charge is -2.09. The molecule has 0 aliphatic heterocycles. The van der Waals surface area contributed by atoms with Gasteiger partial charge in [-0.2, -0.15) is 4.99 Å². The molecule has 4 rings (SSSR count). The SMILES string of the molecule is Cc1cccc(C(=O)N=c2scc(-c3ccccc3)n2-c2ccc(Br)cc2)c1. The molecule has 138 valence electrons. The molecule has 5 heteroatoms. The van der Waals surface area contributed by atoms with Crippen LogP contribution in [0.5, 0.6) is 0 Å². The van der Waals surface area contributed by atoms with Gasteiger partial charge in [0.1, 0.15) is 0 Å². The van der Waals surface area contributed by atoms with Gasteiger partial charge in [0.2, 0.25) is 0 Å². The number of nitrogens with zero attached hydrogens (tertiary/aromatic N) is 2. The van der Waals surface area contributed by atoms with Crippen LogP contribution in [0.3, 0.4) is 0 Å². The normalized spacial score (nSPS) is 11.6. The highest BCUT2D eigenvalue weighted by Crippen LogP contribution is 2.24. The average Bonchev–Trinajstić information content (AvgIpc) is 3.13. The van der Waals surface area contributed by atoms with Gasteiger partial charge in [0.25, 0.3) is 5.91 Å². The van der Waals surface area contributed by atoms with E-state index < -0.39 is 0 Å². The van der Waals surface area contributed by atoms with E-state index >= 15 is 0 Å². The van der Waals surface area contributed by atoms with Crippen LogP contribution in [0.25, 0.3) is 16.9 Å². The van der Waals surface area contributed by atoms with E-state index in [1.165, 1.54) is 11.3 Å². The lowest BCUT2D eigenvalue weighted by molar-refractivity contribution is 0.0998. The van der Waals surface area contributed by atoms with Crippen LogP contribution >= 0.6 is 27.3 Å². The Hall–Kier alpha value is -2.76. The molecule has 3 aromatic carbocycles. The summed E-state index contributed by atoms with van der Waals surface area (Å²) in [6.07, 6.45) is 0. The van der Waals surface area contributed by atoms with Crippen LogP contribution in [-0.4, -0.2) is 10.5 Å². The summed E-state index contributed by atoms with van der Waals surface area (Å²) in [5.41, 5.74) is 4.67. The second kappa shape index (κ2) is 8.09. The topological polar surface area (TPSA) is 34.4 Å². The Labute approximate surface area is 175 Å². The first-order valence-electron chi connectivity index (χ1n) is 8.79. The lowest BCUT2D eigenvalue weighted by atomic mass is 10.1. The minimum absolute atomic E-state index is 0.240. The third kappa shape index (κ3) is 3.91. The number of aromatic nitrogens is 1. The summed E-state index contributed by atoms with van der Waals surface area (Å²) < 4.78 is 3.03. The predicted octanol–water partition coefficient (Wildman–Crippen LogP) is 6.02. The predicted molar refractivity (Wildman–Crippen MR) is 118 cm³/mol. The fourth-order valence-electron chi connectivity index (χ4n) is 2.97. The molecule has 0 spiro atoms. The molecule has 0 unspecified atom stereocenters. The molecule has 28 heavy (non-hydrogen) atoms. The minimum Gasteiger partial charge on any atom is -0.285 e. The molecule has 4 aromatic rings. The highest BCUT2D eigenvalue weighted by molar-refractivity contribution is 9.10. The van der Waals surface area contributed by atoms with E-state index in [0.29, 0.717) is 10.4 Å². The molecule has 1 heterocycles. The molecular weight excluding hydrogens is 432 g/mol. The van der Waals surface area contributed by atoms with Crippen molar-refractivity contribution in [3.63, 3.8) is 0 Å².